The molecule has 0 saturated heterocycles. The van der Waals surface area contributed by atoms with Crippen LogP contribution in [0.3, 0.4) is 0 Å². The predicted octanol–water partition coefficient (Wildman–Crippen LogP) is 3.97. The van der Waals surface area contributed by atoms with E-state index in [1.54, 1.807) is 19.1 Å². The van der Waals surface area contributed by atoms with Gasteiger partial charge in [-0.3, -0.25) is 0 Å². The van der Waals surface area contributed by atoms with Gasteiger partial charge in [-0.15, -0.1) is 0 Å². The van der Waals surface area contributed by atoms with Gasteiger partial charge in [-0.1, -0.05) is 29.8 Å². The monoisotopic (exact) mass is 420 g/mol. The number of hydrogen-bond donors (Lipinski definition) is 2. The van der Waals surface area contributed by atoms with Crippen LogP contribution in [0, 0.1) is 6.92 Å². The Kier molecular flexibility index (Phi) is 5.01. The molecule has 0 saturated carbocycles. The van der Waals surface area contributed by atoms with Crippen molar-refractivity contribution >= 4 is 44.4 Å². The average molecular weight is 421 g/mol. The molecule has 3 rings (SSSR count). The maximum atomic E-state index is 12.9. The number of rotatable bonds is 5. The van der Waals surface area contributed by atoms with Gasteiger partial charge in [0.2, 0.25) is 0 Å². The molecule has 144 valence electrons. The van der Waals surface area contributed by atoms with E-state index < -0.39 is 22.1 Å². The minimum atomic E-state index is -4.41. The van der Waals surface area contributed by atoms with Gasteiger partial charge in [0, 0.05) is 21.9 Å². The van der Waals surface area contributed by atoms with Crippen LogP contribution in [0.1, 0.15) is 26.3 Å². The van der Waals surface area contributed by atoms with Crippen LogP contribution in [0.2, 0.25) is 5.02 Å². The maximum absolute atomic E-state index is 12.9. The second-order valence-electron chi connectivity index (χ2n) is 5.90. The highest BCUT2D eigenvalue weighted by Gasteiger charge is 2.25. The molecular weight excluding hydrogens is 408 g/mol. The molecule has 0 aliphatic heterocycles. The number of fused-ring (bicyclic) bond motifs is 1. The summed E-state index contributed by atoms with van der Waals surface area (Å²) < 4.78 is 31.0. The molecule has 0 aromatic heterocycles. The fraction of sp³-hybridized carbons (Fsp3) is 0.0526. The highest BCUT2D eigenvalue weighted by molar-refractivity contribution is 7.87. The number of carbonyl (C=O) groups is 2. The van der Waals surface area contributed by atoms with Crippen LogP contribution in [0.15, 0.2) is 53.4 Å². The summed E-state index contributed by atoms with van der Waals surface area (Å²) >= 11 is 5.89. The van der Waals surface area contributed by atoms with E-state index in [1.165, 1.54) is 24.3 Å². The number of carboxylic acids is 2. The molecule has 0 heterocycles. The summed E-state index contributed by atoms with van der Waals surface area (Å²) in [6.45, 7) is 1.63. The molecule has 28 heavy (non-hydrogen) atoms. The van der Waals surface area contributed by atoms with Crippen LogP contribution in [-0.4, -0.2) is 30.6 Å². The summed E-state index contributed by atoms with van der Waals surface area (Å²) in [7, 11) is -4.41. The molecule has 0 aliphatic rings. The first-order valence-corrected chi connectivity index (χ1v) is 9.63. The van der Waals surface area contributed by atoms with Crippen LogP contribution in [0.5, 0.6) is 5.75 Å². The van der Waals surface area contributed by atoms with Crippen LogP contribution in [-0.2, 0) is 10.1 Å². The van der Waals surface area contributed by atoms with Crippen molar-refractivity contribution in [1.82, 2.24) is 0 Å². The van der Waals surface area contributed by atoms with Crippen molar-refractivity contribution in [3.8, 4) is 5.75 Å². The predicted molar refractivity (Wildman–Crippen MR) is 102 cm³/mol. The summed E-state index contributed by atoms with van der Waals surface area (Å²) in [5.41, 5.74) is -0.137. The van der Waals surface area contributed by atoms with Crippen molar-refractivity contribution in [1.29, 1.82) is 0 Å². The molecular formula is C19H13ClO7S. The van der Waals surface area contributed by atoms with E-state index in [0.717, 1.165) is 12.1 Å². The summed E-state index contributed by atoms with van der Waals surface area (Å²) in [5.74, 6) is -2.75. The zero-order valence-corrected chi connectivity index (χ0v) is 15.9. The normalized spacial score (nSPS) is 11.4. The van der Waals surface area contributed by atoms with Gasteiger partial charge in [0.15, 0.2) is 0 Å². The van der Waals surface area contributed by atoms with Gasteiger partial charge >= 0.3 is 22.1 Å². The lowest BCUT2D eigenvalue weighted by Gasteiger charge is -2.14. The smallest absolute Gasteiger partial charge is 0.339 e. The molecule has 0 bridgehead atoms. The Hall–Kier alpha value is -3.10. The lowest BCUT2D eigenvalue weighted by atomic mass is 9.99. The van der Waals surface area contributed by atoms with Crippen LogP contribution >= 0.6 is 11.6 Å². The molecule has 0 unspecified atom stereocenters. The number of benzene rings is 3. The van der Waals surface area contributed by atoms with Crippen molar-refractivity contribution in [3.63, 3.8) is 0 Å². The summed E-state index contributed by atoms with van der Waals surface area (Å²) in [5, 5.41) is 18.8. The minimum absolute atomic E-state index is 0.0114. The SMILES string of the molecule is Cc1ccc(Cl)cc1OS(=O)(=O)c1ccc(C(=O)O)c2c(C(=O)O)cccc12. The van der Waals surface area contributed by atoms with Crippen LogP contribution in [0.4, 0.5) is 0 Å². The van der Waals surface area contributed by atoms with Gasteiger partial charge in [-0.25, -0.2) is 9.59 Å². The Morgan fingerprint density at radius 1 is 0.964 bits per heavy atom. The van der Waals surface area contributed by atoms with Gasteiger partial charge in [0.25, 0.3) is 0 Å². The third-order valence-corrected chi connectivity index (χ3v) is 5.61. The van der Waals surface area contributed by atoms with E-state index in [1.807, 2.05) is 0 Å². The van der Waals surface area contributed by atoms with E-state index in [0.29, 0.717) is 5.56 Å². The molecule has 0 fully saturated rings. The molecule has 9 heteroatoms. The second-order valence-corrected chi connectivity index (χ2v) is 7.85. The van der Waals surface area contributed by atoms with Gasteiger partial charge < -0.3 is 14.4 Å². The second kappa shape index (κ2) is 7.14. The first-order valence-electron chi connectivity index (χ1n) is 7.85. The van der Waals surface area contributed by atoms with Gasteiger partial charge in [0.05, 0.1) is 11.1 Å². The van der Waals surface area contributed by atoms with Crippen molar-refractivity contribution in [3.05, 3.63) is 70.2 Å². The Labute approximate surface area is 164 Å². The number of halogens is 1. The molecule has 0 aliphatic carbocycles. The van der Waals surface area contributed by atoms with Crippen molar-refractivity contribution in [2.24, 2.45) is 0 Å². The zero-order chi connectivity index (χ0) is 20.6. The molecule has 7 nitrogen and oxygen atoms in total. The first kappa shape index (κ1) is 19.7. The summed E-state index contributed by atoms with van der Waals surface area (Å²) in [4.78, 5) is 22.7. The summed E-state index contributed by atoms with van der Waals surface area (Å²) in [6.07, 6.45) is 0. The Morgan fingerprint density at radius 2 is 1.61 bits per heavy atom. The third-order valence-electron chi connectivity index (χ3n) is 4.08. The number of aromatic carboxylic acids is 2. The summed E-state index contributed by atoms with van der Waals surface area (Å²) in [6, 6.07) is 10.5. The van der Waals surface area contributed by atoms with E-state index in [4.69, 9.17) is 15.8 Å². The fourth-order valence-electron chi connectivity index (χ4n) is 2.78. The standard InChI is InChI=1S/C19H13ClO7S/c1-10-5-6-11(20)9-15(10)27-28(25,26)16-8-7-14(19(23)24)17-12(16)3-2-4-13(17)18(21)22/h2-9H,1H3,(H,21,22)(H,23,24). The third kappa shape index (κ3) is 3.51. The quantitative estimate of drug-likeness (QED) is 0.599. The van der Waals surface area contributed by atoms with E-state index in [9.17, 15) is 28.2 Å². The van der Waals surface area contributed by atoms with Gasteiger partial charge in [0.1, 0.15) is 10.6 Å². The molecule has 2 N–H and O–H groups in total. The lowest BCUT2D eigenvalue weighted by Crippen LogP contribution is -2.13. The molecule has 0 radical (unpaired) electrons. The molecule has 0 atom stereocenters. The Morgan fingerprint density at radius 3 is 2.25 bits per heavy atom. The number of hydrogen-bond acceptors (Lipinski definition) is 5. The van der Waals surface area contributed by atoms with E-state index in [-0.39, 0.29) is 37.6 Å². The highest BCUT2D eigenvalue weighted by atomic mass is 35.5. The molecule has 3 aromatic rings. The molecule has 3 aromatic carbocycles. The van der Waals surface area contributed by atoms with Crippen molar-refractivity contribution in [2.45, 2.75) is 11.8 Å². The molecule has 0 spiro atoms. The van der Waals surface area contributed by atoms with Crippen molar-refractivity contribution in [2.75, 3.05) is 0 Å². The largest absolute Gasteiger partial charge is 0.478 e. The van der Waals surface area contributed by atoms with Crippen molar-refractivity contribution < 1.29 is 32.4 Å². The lowest BCUT2D eigenvalue weighted by molar-refractivity contribution is 0.0695. The number of carboxylic acid groups (broad SMARTS) is 2. The minimum Gasteiger partial charge on any atom is -0.478 e. The zero-order valence-electron chi connectivity index (χ0n) is 14.3. The van der Waals surface area contributed by atoms with Gasteiger partial charge in [-0.05, 0) is 36.8 Å². The van der Waals surface area contributed by atoms with E-state index in [2.05, 4.69) is 0 Å². The molecule has 0 amide bonds. The Balaban J connectivity index is 2.27. The topological polar surface area (TPSA) is 118 Å². The number of aryl methyl sites for hydroxylation is 1. The highest BCUT2D eigenvalue weighted by Crippen LogP contribution is 2.32. The van der Waals surface area contributed by atoms with Crippen LogP contribution < -0.4 is 4.18 Å². The first-order chi connectivity index (χ1) is 13.1. The van der Waals surface area contributed by atoms with Gasteiger partial charge in [-0.2, -0.15) is 8.42 Å². The van der Waals surface area contributed by atoms with Crippen LogP contribution in [0.25, 0.3) is 10.8 Å². The Bertz CT molecular complexity index is 1210. The van der Waals surface area contributed by atoms with E-state index >= 15 is 0 Å². The fourth-order valence-corrected chi connectivity index (χ4v) is 4.12. The average Bonchev–Trinajstić information content (AvgIpc) is 2.62. The maximum Gasteiger partial charge on any atom is 0.339 e.